The van der Waals surface area contributed by atoms with Crippen LogP contribution in [0.5, 0.6) is 5.75 Å². The third-order valence-corrected chi connectivity index (χ3v) is 5.81. The first-order valence-corrected chi connectivity index (χ1v) is 10.3. The molecule has 0 unspecified atom stereocenters. The van der Waals surface area contributed by atoms with Crippen LogP contribution in [0.25, 0.3) is 10.2 Å². The van der Waals surface area contributed by atoms with Gasteiger partial charge in [0.25, 0.3) is 0 Å². The standard InChI is InChI=1S/C21H22N4O3S/c1-13(22-21-24-15-6-3-4-7-18(15)29-21)20(27)23-14-9-10-16(17(12-14)28-2)25-11-5-8-19(25)26/h3-4,6-7,9-10,12-13H,5,8,11H2,1-2H3,(H,22,24)(H,23,27)/t13-/m1/s1. The van der Waals surface area contributed by atoms with E-state index in [9.17, 15) is 9.59 Å². The Labute approximate surface area is 172 Å². The molecular formula is C21H22N4O3S. The van der Waals surface area contributed by atoms with Crippen molar-refractivity contribution in [2.24, 2.45) is 0 Å². The fraction of sp³-hybridized carbons (Fsp3) is 0.286. The summed E-state index contributed by atoms with van der Waals surface area (Å²) in [6.07, 6.45) is 1.39. The number of anilines is 3. The average molecular weight is 410 g/mol. The van der Waals surface area contributed by atoms with Crippen molar-refractivity contribution in [1.29, 1.82) is 0 Å². The van der Waals surface area contributed by atoms with E-state index in [1.165, 1.54) is 11.3 Å². The zero-order chi connectivity index (χ0) is 20.4. The van der Waals surface area contributed by atoms with Crippen LogP contribution in [0.3, 0.4) is 0 Å². The van der Waals surface area contributed by atoms with Crippen molar-refractivity contribution in [3.8, 4) is 5.75 Å². The molecule has 7 nitrogen and oxygen atoms in total. The maximum Gasteiger partial charge on any atom is 0.246 e. The largest absolute Gasteiger partial charge is 0.494 e. The van der Waals surface area contributed by atoms with Crippen LogP contribution in [0, 0.1) is 0 Å². The summed E-state index contributed by atoms with van der Waals surface area (Å²) in [6.45, 7) is 2.47. The number of benzene rings is 2. The molecule has 1 aromatic heterocycles. The van der Waals surface area contributed by atoms with Gasteiger partial charge in [-0.05, 0) is 37.6 Å². The predicted molar refractivity (Wildman–Crippen MR) is 116 cm³/mol. The van der Waals surface area contributed by atoms with Gasteiger partial charge in [0.05, 0.1) is 23.0 Å². The van der Waals surface area contributed by atoms with E-state index in [1.54, 1.807) is 31.1 Å². The van der Waals surface area contributed by atoms with Crippen molar-refractivity contribution in [3.63, 3.8) is 0 Å². The molecule has 150 valence electrons. The highest BCUT2D eigenvalue weighted by atomic mass is 32.1. The smallest absolute Gasteiger partial charge is 0.246 e. The molecule has 0 bridgehead atoms. The lowest BCUT2D eigenvalue weighted by molar-refractivity contribution is -0.117. The number of rotatable bonds is 6. The number of ether oxygens (including phenoxy) is 1. The number of hydrogen-bond donors (Lipinski definition) is 2. The molecule has 1 aliphatic rings. The predicted octanol–water partition coefficient (Wildman–Crippen LogP) is 3.87. The number of methoxy groups -OCH3 is 1. The van der Waals surface area contributed by atoms with Crippen molar-refractivity contribution in [1.82, 2.24) is 4.98 Å². The molecule has 0 aliphatic carbocycles. The number of amides is 2. The van der Waals surface area contributed by atoms with Gasteiger partial charge in [0, 0.05) is 24.7 Å². The zero-order valence-electron chi connectivity index (χ0n) is 16.3. The molecule has 2 aromatic carbocycles. The monoisotopic (exact) mass is 410 g/mol. The van der Waals surface area contributed by atoms with Crippen LogP contribution in [0.4, 0.5) is 16.5 Å². The molecule has 2 heterocycles. The maximum absolute atomic E-state index is 12.6. The highest BCUT2D eigenvalue weighted by Crippen LogP contribution is 2.34. The molecule has 2 N–H and O–H groups in total. The van der Waals surface area contributed by atoms with Crippen LogP contribution in [0.15, 0.2) is 42.5 Å². The van der Waals surface area contributed by atoms with Crippen LogP contribution in [0.1, 0.15) is 19.8 Å². The van der Waals surface area contributed by atoms with Crippen molar-refractivity contribution in [2.75, 3.05) is 29.2 Å². The lowest BCUT2D eigenvalue weighted by atomic mass is 10.2. The Morgan fingerprint density at radius 1 is 1.28 bits per heavy atom. The van der Waals surface area contributed by atoms with Gasteiger partial charge < -0.3 is 20.3 Å². The van der Waals surface area contributed by atoms with Gasteiger partial charge in [-0.3, -0.25) is 9.59 Å². The highest BCUT2D eigenvalue weighted by molar-refractivity contribution is 7.22. The molecule has 1 saturated heterocycles. The van der Waals surface area contributed by atoms with E-state index in [2.05, 4.69) is 15.6 Å². The van der Waals surface area contributed by atoms with Crippen LogP contribution in [0.2, 0.25) is 0 Å². The van der Waals surface area contributed by atoms with Crippen molar-refractivity contribution >= 4 is 49.9 Å². The Kier molecular flexibility index (Phi) is 5.35. The van der Waals surface area contributed by atoms with Gasteiger partial charge in [0.15, 0.2) is 5.13 Å². The summed E-state index contributed by atoms with van der Waals surface area (Å²) >= 11 is 1.51. The van der Waals surface area contributed by atoms with Gasteiger partial charge in [-0.25, -0.2) is 4.98 Å². The number of nitrogens with one attached hydrogen (secondary N) is 2. The second-order valence-electron chi connectivity index (χ2n) is 6.88. The number of para-hydroxylation sites is 1. The molecule has 1 fully saturated rings. The van der Waals surface area contributed by atoms with E-state index < -0.39 is 6.04 Å². The first-order chi connectivity index (χ1) is 14.0. The Balaban J connectivity index is 1.45. The Morgan fingerprint density at radius 3 is 2.83 bits per heavy atom. The van der Waals surface area contributed by atoms with Crippen molar-refractivity contribution < 1.29 is 14.3 Å². The lowest BCUT2D eigenvalue weighted by Crippen LogP contribution is -2.31. The fourth-order valence-corrected chi connectivity index (χ4v) is 4.27. The van der Waals surface area contributed by atoms with Crippen LogP contribution < -0.4 is 20.3 Å². The van der Waals surface area contributed by atoms with Gasteiger partial charge in [0.2, 0.25) is 11.8 Å². The summed E-state index contributed by atoms with van der Waals surface area (Å²) in [5.74, 6) is 0.467. The zero-order valence-corrected chi connectivity index (χ0v) is 17.1. The van der Waals surface area contributed by atoms with Crippen LogP contribution in [-0.2, 0) is 9.59 Å². The molecular weight excluding hydrogens is 388 g/mol. The molecule has 0 radical (unpaired) electrons. The van der Waals surface area contributed by atoms with E-state index in [1.807, 2.05) is 30.3 Å². The summed E-state index contributed by atoms with van der Waals surface area (Å²) in [7, 11) is 1.56. The summed E-state index contributed by atoms with van der Waals surface area (Å²) in [4.78, 5) is 30.9. The minimum absolute atomic E-state index is 0.0914. The molecule has 2 amide bonds. The molecule has 1 aliphatic heterocycles. The Morgan fingerprint density at radius 2 is 2.10 bits per heavy atom. The van der Waals surface area contributed by atoms with E-state index in [-0.39, 0.29) is 11.8 Å². The number of carbonyl (C=O) groups is 2. The second kappa shape index (κ2) is 8.08. The normalized spacial score (nSPS) is 14.8. The summed E-state index contributed by atoms with van der Waals surface area (Å²) in [5, 5.41) is 6.75. The van der Waals surface area contributed by atoms with Gasteiger partial charge in [-0.1, -0.05) is 23.5 Å². The Bertz CT molecular complexity index is 1030. The number of nitrogens with zero attached hydrogens (tertiary/aromatic N) is 2. The highest BCUT2D eigenvalue weighted by Gasteiger charge is 2.25. The second-order valence-corrected chi connectivity index (χ2v) is 7.91. The quantitative estimate of drug-likeness (QED) is 0.645. The van der Waals surface area contributed by atoms with E-state index >= 15 is 0 Å². The summed E-state index contributed by atoms with van der Waals surface area (Å²) in [5.41, 5.74) is 2.25. The van der Waals surface area contributed by atoms with Crippen LogP contribution >= 0.6 is 11.3 Å². The van der Waals surface area contributed by atoms with Gasteiger partial charge in [0.1, 0.15) is 11.8 Å². The van der Waals surface area contributed by atoms with E-state index in [0.29, 0.717) is 29.5 Å². The molecule has 0 saturated carbocycles. The number of carbonyl (C=O) groups excluding carboxylic acids is 2. The summed E-state index contributed by atoms with van der Waals surface area (Å²) < 4.78 is 6.52. The lowest BCUT2D eigenvalue weighted by Gasteiger charge is -2.20. The minimum Gasteiger partial charge on any atom is -0.494 e. The Hall–Kier alpha value is -3.13. The van der Waals surface area contributed by atoms with E-state index in [4.69, 9.17) is 4.74 Å². The number of thiazole rings is 1. The number of fused-ring (bicyclic) bond motifs is 1. The average Bonchev–Trinajstić information content (AvgIpc) is 3.33. The van der Waals surface area contributed by atoms with Gasteiger partial charge in [-0.2, -0.15) is 0 Å². The molecule has 4 rings (SSSR count). The van der Waals surface area contributed by atoms with Crippen molar-refractivity contribution in [2.45, 2.75) is 25.8 Å². The molecule has 1 atom stereocenters. The third kappa shape index (κ3) is 4.02. The molecule has 3 aromatic rings. The van der Waals surface area contributed by atoms with Gasteiger partial charge in [-0.15, -0.1) is 0 Å². The first kappa shape index (κ1) is 19.2. The third-order valence-electron chi connectivity index (χ3n) is 4.84. The number of aromatic nitrogens is 1. The fourth-order valence-electron chi connectivity index (χ4n) is 3.32. The van der Waals surface area contributed by atoms with Crippen LogP contribution in [-0.4, -0.2) is 36.5 Å². The minimum atomic E-state index is -0.471. The van der Waals surface area contributed by atoms with Gasteiger partial charge >= 0.3 is 0 Å². The number of hydrogen-bond acceptors (Lipinski definition) is 6. The van der Waals surface area contributed by atoms with Crippen molar-refractivity contribution in [3.05, 3.63) is 42.5 Å². The molecule has 8 heteroatoms. The maximum atomic E-state index is 12.6. The first-order valence-electron chi connectivity index (χ1n) is 9.46. The molecule has 29 heavy (non-hydrogen) atoms. The SMILES string of the molecule is COc1cc(NC(=O)[C@@H](C)Nc2nc3ccccc3s2)ccc1N1CCCC1=O. The van der Waals surface area contributed by atoms with E-state index in [0.717, 1.165) is 22.3 Å². The topological polar surface area (TPSA) is 83.6 Å². The molecule has 0 spiro atoms. The summed E-state index contributed by atoms with van der Waals surface area (Å²) in [6, 6.07) is 12.7.